The fourth-order valence-electron chi connectivity index (χ4n) is 4.08. The molecule has 1 fully saturated rings. The highest BCUT2D eigenvalue weighted by atomic mass is 32.2. The lowest BCUT2D eigenvalue weighted by atomic mass is 9.81. The summed E-state index contributed by atoms with van der Waals surface area (Å²) >= 11 is 0. The summed E-state index contributed by atoms with van der Waals surface area (Å²) in [6.45, 7) is 1.94. The Morgan fingerprint density at radius 2 is 1.88 bits per heavy atom. The Bertz CT molecular complexity index is 1020. The molecule has 0 saturated carbocycles. The van der Waals surface area contributed by atoms with Gasteiger partial charge in [0.05, 0.1) is 10.3 Å². The minimum atomic E-state index is -3.88. The van der Waals surface area contributed by atoms with Crippen LogP contribution >= 0.6 is 0 Å². The lowest BCUT2D eigenvalue weighted by molar-refractivity contribution is -0.122. The number of anilines is 1. The van der Waals surface area contributed by atoms with E-state index in [1.54, 1.807) is 18.9 Å². The summed E-state index contributed by atoms with van der Waals surface area (Å²) in [5, 5.41) is 0. The van der Waals surface area contributed by atoms with Crippen molar-refractivity contribution in [2.45, 2.75) is 23.7 Å². The molecule has 2 aromatic carbocycles. The van der Waals surface area contributed by atoms with Gasteiger partial charge in [-0.1, -0.05) is 24.3 Å². The average Bonchev–Trinajstić information content (AvgIpc) is 3.16. The van der Waals surface area contributed by atoms with E-state index in [0.717, 1.165) is 17.3 Å². The smallest absolute Gasteiger partial charge is 0.243 e. The van der Waals surface area contributed by atoms with Crippen LogP contribution in [-0.4, -0.2) is 38.8 Å². The largest absolute Gasteiger partial charge is 0.314 e. The number of likely N-dealkylation sites (N-methyl/N-ethyl adjacent to an activating group) is 1. The molecule has 0 radical (unpaired) electrons. The van der Waals surface area contributed by atoms with Gasteiger partial charge in [0, 0.05) is 25.8 Å². The van der Waals surface area contributed by atoms with Crippen molar-refractivity contribution in [1.29, 1.82) is 0 Å². The molecule has 0 bridgehead atoms. The van der Waals surface area contributed by atoms with Crippen LogP contribution in [0.1, 0.15) is 17.5 Å². The zero-order valence-corrected chi connectivity index (χ0v) is 15.4. The predicted octanol–water partition coefficient (Wildman–Crippen LogP) is 2.44. The third kappa shape index (κ3) is 2.23. The third-order valence-electron chi connectivity index (χ3n) is 5.50. The van der Waals surface area contributed by atoms with Gasteiger partial charge < -0.3 is 4.90 Å². The zero-order chi connectivity index (χ0) is 18.7. The molecule has 2 aromatic rings. The fraction of sp³-hybridized carbons (Fsp3) is 0.316. The van der Waals surface area contributed by atoms with E-state index in [-0.39, 0.29) is 23.9 Å². The number of hydrogen-bond acceptors (Lipinski definition) is 3. The van der Waals surface area contributed by atoms with Crippen LogP contribution in [0.4, 0.5) is 10.1 Å². The van der Waals surface area contributed by atoms with Gasteiger partial charge in [-0.15, -0.1) is 0 Å². The van der Waals surface area contributed by atoms with Crippen molar-refractivity contribution in [2.24, 2.45) is 0 Å². The van der Waals surface area contributed by atoms with Crippen LogP contribution < -0.4 is 4.90 Å². The van der Waals surface area contributed by atoms with Crippen LogP contribution in [0, 0.1) is 12.7 Å². The van der Waals surface area contributed by atoms with Gasteiger partial charge in [0.2, 0.25) is 15.9 Å². The molecule has 7 heteroatoms. The second-order valence-corrected chi connectivity index (χ2v) is 8.87. The lowest BCUT2D eigenvalue weighted by Crippen LogP contribution is -2.42. The van der Waals surface area contributed by atoms with E-state index >= 15 is 0 Å². The molecular weight excluding hydrogens is 355 g/mol. The Labute approximate surface area is 152 Å². The molecule has 4 rings (SSSR count). The van der Waals surface area contributed by atoms with Gasteiger partial charge in [0.1, 0.15) is 5.82 Å². The highest BCUT2D eigenvalue weighted by molar-refractivity contribution is 7.89. The Balaban J connectivity index is 1.76. The molecule has 0 aliphatic carbocycles. The standard InChI is InChI=1S/C19H19FN2O3S/c1-13-7-8-14(20)11-17(13)26(24,25)22-10-9-19(12-22)15-5-3-4-6-16(15)21(2)18(19)23/h3-8,11H,9-10,12H2,1-2H3. The number of rotatable bonds is 2. The maximum Gasteiger partial charge on any atom is 0.243 e. The summed E-state index contributed by atoms with van der Waals surface area (Å²) in [6, 6.07) is 11.2. The number of aryl methyl sites for hydroxylation is 1. The second kappa shape index (κ2) is 5.62. The number of sulfonamides is 1. The Kier molecular flexibility index (Phi) is 3.71. The van der Waals surface area contributed by atoms with Crippen LogP contribution in [0.5, 0.6) is 0 Å². The molecule has 1 saturated heterocycles. The molecule has 136 valence electrons. The Hall–Kier alpha value is -2.25. The first-order valence-corrected chi connectivity index (χ1v) is 9.85. The van der Waals surface area contributed by atoms with E-state index < -0.39 is 21.3 Å². The molecule has 0 N–H and O–H groups in total. The minimum Gasteiger partial charge on any atom is -0.314 e. The maximum atomic E-state index is 13.6. The monoisotopic (exact) mass is 374 g/mol. The van der Waals surface area contributed by atoms with Crippen LogP contribution in [0.3, 0.4) is 0 Å². The van der Waals surface area contributed by atoms with Crippen molar-refractivity contribution in [2.75, 3.05) is 25.0 Å². The van der Waals surface area contributed by atoms with Crippen molar-refractivity contribution >= 4 is 21.6 Å². The van der Waals surface area contributed by atoms with E-state index in [1.807, 2.05) is 24.3 Å². The maximum absolute atomic E-state index is 13.6. The number of halogens is 1. The number of carbonyl (C=O) groups is 1. The van der Waals surface area contributed by atoms with E-state index in [0.29, 0.717) is 12.0 Å². The molecule has 2 aliphatic rings. The molecule has 2 heterocycles. The van der Waals surface area contributed by atoms with Crippen molar-refractivity contribution in [1.82, 2.24) is 4.31 Å². The molecule has 2 aliphatic heterocycles. The second-order valence-electron chi connectivity index (χ2n) is 6.96. The highest BCUT2D eigenvalue weighted by Gasteiger charge is 2.55. The average molecular weight is 374 g/mol. The third-order valence-corrected chi connectivity index (χ3v) is 7.48. The molecule has 26 heavy (non-hydrogen) atoms. The molecular formula is C19H19FN2O3S. The number of para-hydroxylation sites is 1. The number of nitrogens with zero attached hydrogens (tertiary/aromatic N) is 2. The van der Waals surface area contributed by atoms with E-state index in [4.69, 9.17) is 0 Å². The lowest BCUT2D eigenvalue weighted by Gasteiger charge is -2.23. The van der Waals surface area contributed by atoms with E-state index in [2.05, 4.69) is 0 Å². The van der Waals surface area contributed by atoms with Crippen LogP contribution in [0.25, 0.3) is 0 Å². The molecule has 5 nitrogen and oxygen atoms in total. The normalized spacial score (nSPS) is 23.0. The first kappa shape index (κ1) is 17.2. The summed E-state index contributed by atoms with van der Waals surface area (Å²) in [4.78, 5) is 14.5. The molecule has 1 spiro atoms. The fourth-order valence-corrected chi connectivity index (χ4v) is 5.82. The number of fused-ring (bicyclic) bond motifs is 2. The first-order valence-electron chi connectivity index (χ1n) is 8.41. The summed E-state index contributed by atoms with van der Waals surface area (Å²) in [6.07, 6.45) is 0.417. The quantitative estimate of drug-likeness (QED) is 0.811. The Morgan fingerprint density at radius 3 is 2.65 bits per heavy atom. The number of hydrogen-bond donors (Lipinski definition) is 0. The van der Waals surface area contributed by atoms with Gasteiger partial charge in [-0.2, -0.15) is 4.31 Å². The highest BCUT2D eigenvalue weighted by Crippen LogP contribution is 2.47. The number of amides is 1. The SMILES string of the molecule is Cc1ccc(F)cc1S(=O)(=O)N1CCC2(C1)C(=O)N(C)c1ccccc12. The van der Waals surface area contributed by atoms with Crippen LogP contribution in [0.15, 0.2) is 47.4 Å². The van der Waals surface area contributed by atoms with Gasteiger partial charge in [0.15, 0.2) is 0 Å². The minimum absolute atomic E-state index is 0.0402. The van der Waals surface area contributed by atoms with E-state index in [9.17, 15) is 17.6 Å². The van der Waals surface area contributed by atoms with Gasteiger partial charge in [-0.25, -0.2) is 12.8 Å². The Morgan fingerprint density at radius 1 is 1.15 bits per heavy atom. The zero-order valence-electron chi connectivity index (χ0n) is 14.6. The van der Waals surface area contributed by atoms with Crippen molar-refractivity contribution < 1.29 is 17.6 Å². The molecule has 1 amide bonds. The molecule has 1 atom stereocenters. The summed E-state index contributed by atoms with van der Waals surface area (Å²) in [7, 11) is -2.16. The number of benzene rings is 2. The number of carbonyl (C=O) groups excluding carboxylic acids is 1. The van der Waals surface area contributed by atoms with Crippen molar-refractivity contribution in [3.05, 3.63) is 59.4 Å². The van der Waals surface area contributed by atoms with Gasteiger partial charge in [-0.3, -0.25) is 4.79 Å². The van der Waals surface area contributed by atoms with Crippen LogP contribution in [-0.2, 0) is 20.2 Å². The van der Waals surface area contributed by atoms with Crippen molar-refractivity contribution in [3.63, 3.8) is 0 Å². The first-order chi connectivity index (χ1) is 12.3. The van der Waals surface area contributed by atoms with Gasteiger partial charge in [0.25, 0.3) is 0 Å². The van der Waals surface area contributed by atoms with Gasteiger partial charge >= 0.3 is 0 Å². The van der Waals surface area contributed by atoms with Gasteiger partial charge in [-0.05, 0) is 42.7 Å². The topological polar surface area (TPSA) is 57.7 Å². The van der Waals surface area contributed by atoms with E-state index in [1.165, 1.54) is 16.4 Å². The molecule has 0 aromatic heterocycles. The van der Waals surface area contributed by atoms with Crippen LogP contribution in [0.2, 0.25) is 0 Å². The van der Waals surface area contributed by atoms with Crippen molar-refractivity contribution in [3.8, 4) is 0 Å². The summed E-state index contributed by atoms with van der Waals surface area (Å²) in [5.41, 5.74) is 1.31. The summed E-state index contributed by atoms with van der Waals surface area (Å²) < 4.78 is 41.1. The predicted molar refractivity (Wildman–Crippen MR) is 96.0 cm³/mol. The molecule has 1 unspecified atom stereocenters. The summed E-state index contributed by atoms with van der Waals surface area (Å²) in [5.74, 6) is -0.683.